The SMILES string of the molecule is CCCN(C/C(N)=N/O)C(=O)c1ccc(O)cc1O. The topological polar surface area (TPSA) is 119 Å². The number of carbonyl (C=O) groups excluding carboxylic acids is 1. The van der Waals surface area contributed by atoms with Crippen molar-refractivity contribution in [1.29, 1.82) is 0 Å². The maximum absolute atomic E-state index is 12.2. The number of phenols is 2. The molecule has 0 atom stereocenters. The van der Waals surface area contributed by atoms with Crippen molar-refractivity contribution < 1.29 is 20.2 Å². The Hall–Kier alpha value is -2.44. The first-order valence-electron chi connectivity index (χ1n) is 5.77. The molecule has 1 aromatic carbocycles. The molecule has 0 bridgehead atoms. The van der Waals surface area contributed by atoms with Gasteiger partial charge in [-0.25, -0.2) is 0 Å². The molecular weight excluding hydrogens is 250 g/mol. The second kappa shape index (κ2) is 6.48. The molecule has 0 saturated carbocycles. The monoisotopic (exact) mass is 267 g/mol. The molecule has 7 nitrogen and oxygen atoms in total. The van der Waals surface area contributed by atoms with E-state index in [1.165, 1.54) is 17.0 Å². The molecule has 0 unspecified atom stereocenters. The fourth-order valence-electron chi connectivity index (χ4n) is 1.62. The highest BCUT2D eigenvalue weighted by Crippen LogP contribution is 2.23. The Kier molecular flexibility index (Phi) is 4.99. The van der Waals surface area contributed by atoms with Crippen LogP contribution in [0.25, 0.3) is 0 Å². The zero-order valence-electron chi connectivity index (χ0n) is 10.6. The lowest BCUT2D eigenvalue weighted by molar-refractivity contribution is 0.0775. The van der Waals surface area contributed by atoms with Gasteiger partial charge in [0.1, 0.15) is 11.5 Å². The number of nitrogens with zero attached hydrogens (tertiary/aromatic N) is 2. The van der Waals surface area contributed by atoms with E-state index in [1.807, 2.05) is 6.92 Å². The highest BCUT2D eigenvalue weighted by Gasteiger charge is 2.19. The van der Waals surface area contributed by atoms with Crippen molar-refractivity contribution in [3.8, 4) is 11.5 Å². The molecular formula is C12H17N3O4. The van der Waals surface area contributed by atoms with Crippen LogP contribution in [0.5, 0.6) is 11.5 Å². The lowest BCUT2D eigenvalue weighted by Gasteiger charge is -2.21. The van der Waals surface area contributed by atoms with Crippen molar-refractivity contribution in [2.24, 2.45) is 10.9 Å². The van der Waals surface area contributed by atoms with E-state index < -0.39 is 5.91 Å². The van der Waals surface area contributed by atoms with Crippen molar-refractivity contribution >= 4 is 11.7 Å². The largest absolute Gasteiger partial charge is 0.508 e. The number of carbonyl (C=O) groups is 1. The van der Waals surface area contributed by atoms with Gasteiger partial charge < -0.3 is 26.1 Å². The average Bonchev–Trinajstić information content (AvgIpc) is 2.37. The first kappa shape index (κ1) is 14.6. The minimum Gasteiger partial charge on any atom is -0.508 e. The summed E-state index contributed by atoms with van der Waals surface area (Å²) < 4.78 is 0. The van der Waals surface area contributed by atoms with Gasteiger partial charge >= 0.3 is 0 Å². The molecule has 0 aliphatic carbocycles. The summed E-state index contributed by atoms with van der Waals surface area (Å²) in [5.41, 5.74) is 5.44. The van der Waals surface area contributed by atoms with E-state index in [-0.39, 0.29) is 29.4 Å². The van der Waals surface area contributed by atoms with Gasteiger partial charge in [0, 0.05) is 12.6 Å². The summed E-state index contributed by atoms with van der Waals surface area (Å²) in [5.74, 6) is -0.996. The Bertz CT molecular complexity index is 488. The highest BCUT2D eigenvalue weighted by molar-refractivity contribution is 5.99. The number of benzene rings is 1. The second-order valence-electron chi connectivity index (χ2n) is 4.02. The Morgan fingerprint density at radius 2 is 2.11 bits per heavy atom. The fourth-order valence-corrected chi connectivity index (χ4v) is 1.62. The van der Waals surface area contributed by atoms with E-state index in [0.717, 1.165) is 6.07 Å². The van der Waals surface area contributed by atoms with Gasteiger partial charge in [0.15, 0.2) is 5.84 Å². The molecule has 0 saturated heterocycles. The molecule has 5 N–H and O–H groups in total. The first-order valence-corrected chi connectivity index (χ1v) is 5.77. The van der Waals surface area contributed by atoms with E-state index >= 15 is 0 Å². The highest BCUT2D eigenvalue weighted by atomic mass is 16.4. The van der Waals surface area contributed by atoms with Crippen LogP contribution in [0, 0.1) is 0 Å². The predicted molar refractivity (Wildman–Crippen MR) is 69.4 cm³/mol. The molecule has 1 rings (SSSR count). The smallest absolute Gasteiger partial charge is 0.258 e. The van der Waals surface area contributed by atoms with E-state index in [2.05, 4.69) is 5.16 Å². The van der Waals surface area contributed by atoms with Crippen LogP contribution in [-0.4, -0.2) is 45.2 Å². The third-order valence-corrected chi connectivity index (χ3v) is 2.47. The van der Waals surface area contributed by atoms with E-state index in [1.54, 1.807) is 0 Å². The third kappa shape index (κ3) is 3.77. The number of hydrogen-bond acceptors (Lipinski definition) is 5. The Labute approximate surface area is 110 Å². The number of oxime groups is 1. The zero-order chi connectivity index (χ0) is 14.4. The molecule has 1 aromatic rings. The summed E-state index contributed by atoms with van der Waals surface area (Å²) in [4.78, 5) is 13.6. The molecule has 0 aromatic heterocycles. The second-order valence-corrected chi connectivity index (χ2v) is 4.02. The summed E-state index contributed by atoms with van der Waals surface area (Å²) in [6, 6.07) is 3.71. The Morgan fingerprint density at radius 1 is 1.42 bits per heavy atom. The molecule has 7 heteroatoms. The number of amidine groups is 1. The van der Waals surface area contributed by atoms with Crippen LogP contribution in [0.3, 0.4) is 0 Å². The molecule has 0 aliphatic heterocycles. The summed E-state index contributed by atoms with van der Waals surface area (Å²) >= 11 is 0. The summed E-state index contributed by atoms with van der Waals surface area (Å²) in [7, 11) is 0. The molecule has 0 aliphatic rings. The number of amides is 1. The number of aromatic hydroxyl groups is 2. The molecule has 104 valence electrons. The van der Waals surface area contributed by atoms with Gasteiger partial charge in [-0.2, -0.15) is 0 Å². The van der Waals surface area contributed by atoms with Gasteiger partial charge in [-0.05, 0) is 18.6 Å². The van der Waals surface area contributed by atoms with Gasteiger partial charge in [0.2, 0.25) is 0 Å². The van der Waals surface area contributed by atoms with Gasteiger partial charge in [0.25, 0.3) is 5.91 Å². The maximum Gasteiger partial charge on any atom is 0.258 e. The van der Waals surface area contributed by atoms with Crippen molar-refractivity contribution in [2.75, 3.05) is 13.1 Å². The summed E-state index contributed by atoms with van der Waals surface area (Å²) in [5, 5.41) is 30.2. The van der Waals surface area contributed by atoms with E-state index in [0.29, 0.717) is 13.0 Å². The maximum atomic E-state index is 12.2. The van der Waals surface area contributed by atoms with Crippen LogP contribution >= 0.6 is 0 Å². The number of nitrogens with two attached hydrogens (primary N) is 1. The minimum atomic E-state index is -0.453. The van der Waals surface area contributed by atoms with E-state index in [4.69, 9.17) is 10.9 Å². The molecule has 0 fully saturated rings. The van der Waals surface area contributed by atoms with Crippen LogP contribution in [0.1, 0.15) is 23.7 Å². The van der Waals surface area contributed by atoms with E-state index in [9.17, 15) is 15.0 Å². The minimum absolute atomic E-state index is 0.0382. The van der Waals surface area contributed by atoms with Crippen LogP contribution in [-0.2, 0) is 0 Å². The van der Waals surface area contributed by atoms with Crippen LogP contribution < -0.4 is 5.73 Å². The normalized spacial score (nSPS) is 11.3. The van der Waals surface area contributed by atoms with Crippen molar-refractivity contribution in [1.82, 2.24) is 4.90 Å². The van der Waals surface area contributed by atoms with Gasteiger partial charge in [0.05, 0.1) is 12.1 Å². The quantitative estimate of drug-likeness (QED) is 0.271. The zero-order valence-corrected chi connectivity index (χ0v) is 10.6. The standard InChI is InChI=1S/C12H17N3O4/c1-2-5-15(7-11(13)14-19)12(18)9-4-3-8(16)6-10(9)17/h3-4,6,16-17,19H,2,5,7H2,1H3,(H2,13,14). The van der Waals surface area contributed by atoms with Crippen LogP contribution in [0.15, 0.2) is 23.4 Å². The molecule has 0 radical (unpaired) electrons. The summed E-state index contributed by atoms with van der Waals surface area (Å²) in [6.45, 7) is 2.24. The number of phenolic OH excluding ortho intramolecular Hbond substituents is 2. The molecule has 0 heterocycles. The van der Waals surface area contributed by atoms with Crippen molar-refractivity contribution in [2.45, 2.75) is 13.3 Å². The molecule has 0 spiro atoms. The van der Waals surface area contributed by atoms with Gasteiger partial charge in [-0.1, -0.05) is 12.1 Å². The third-order valence-electron chi connectivity index (χ3n) is 2.47. The predicted octanol–water partition coefficient (Wildman–Crippen LogP) is 0.696. The van der Waals surface area contributed by atoms with Crippen LogP contribution in [0.2, 0.25) is 0 Å². The van der Waals surface area contributed by atoms with Gasteiger partial charge in [-0.3, -0.25) is 4.79 Å². The Balaban J connectivity index is 2.98. The lowest BCUT2D eigenvalue weighted by atomic mass is 10.1. The Morgan fingerprint density at radius 3 is 2.63 bits per heavy atom. The lowest BCUT2D eigenvalue weighted by Crippen LogP contribution is -2.39. The summed E-state index contributed by atoms with van der Waals surface area (Å²) in [6.07, 6.45) is 0.684. The number of rotatable bonds is 5. The average molecular weight is 267 g/mol. The van der Waals surface area contributed by atoms with Crippen molar-refractivity contribution in [3.05, 3.63) is 23.8 Å². The molecule has 19 heavy (non-hydrogen) atoms. The van der Waals surface area contributed by atoms with Crippen molar-refractivity contribution in [3.63, 3.8) is 0 Å². The fraction of sp³-hybridized carbons (Fsp3) is 0.333. The van der Waals surface area contributed by atoms with Crippen LogP contribution in [0.4, 0.5) is 0 Å². The molecule has 1 amide bonds. The first-order chi connectivity index (χ1) is 8.99. The van der Waals surface area contributed by atoms with Gasteiger partial charge in [-0.15, -0.1) is 0 Å². The number of hydrogen-bond donors (Lipinski definition) is 4.